The molecular weight excluding hydrogens is 372 g/mol. The fourth-order valence-electron chi connectivity index (χ4n) is 2.70. The fraction of sp³-hybridized carbons (Fsp3) is 0.273. The number of aromatic nitrogens is 1. The summed E-state index contributed by atoms with van der Waals surface area (Å²) in [6, 6.07) is 15.6. The normalized spacial score (nSPS) is 11.7. The lowest BCUT2D eigenvalue weighted by molar-refractivity contribution is -0.121. The van der Waals surface area contributed by atoms with Crippen molar-refractivity contribution < 1.29 is 14.3 Å². The van der Waals surface area contributed by atoms with Gasteiger partial charge in [-0.15, -0.1) is 0 Å². The largest absolute Gasteiger partial charge is 0.445 e. The number of amides is 1. The number of aryl methyl sites for hydroxylation is 1. The highest BCUT2D eigenvalue weighted by atomic mass is 32.1. The summed E-state index contributed by atoms with van der Waals surface area (Å²) in [6.45, 7) is 5.90. The molecule has 0 bridgehead atoms. The molecular formula is C22H24N2O3S. The Hall–Kier alpha value is -2.86. The number of hydrogen-bond donors (Lipinski definition) is 1. The van der Waals surface area contributed by atoms with E-state index in [1.54, 1.807) is 6.20 Å². The number of benzene rings is 2. The minimum atomic E-state index is -0.0384. The number of nitrogens with zero attached hydrogens (tertiary/aromatic N) is 1. The van der Waals surface area contributed by atoms with Gasteiger partial charge in [-0.2, -0.15) is 0 Å². The Balaban J connectivity index is 1.62. The van der Waals surface area contributed by atoms with E-state index in [9.17, 15) is 4.79 Å². The van der Waals surface area contributed by atoms with E-state index in [2.05, 4.69) is 17.2 Å². The summed E-state index contributed by atoms with van der Waals surface area (Å²) in [6.07, 6.45) is 3.03. The number of thiazole rings is 1. The smallest absolute Gasteiger partial charge is 0.282 e. The predicted molar refractivity (Wildman–Crippen MR) is 111 cm³/mol. The highest BCUT2D eigenvalue weighted by Crippen LogP contribution is 2.35. The van der Waals surface area contributed by atoms with Crippen LogP contribution in [0.4, 0.5) is 0 Å². The van der Waals surface area contributed by atoms with Crippen molar-refractivity contribution in [1.82, 2.24) is 10.3 Å². The predicted octanol–water partition coefficient (Wildman–Crippen LogP) is 5.88. The number of para-hydroxylation sites is 1. The summed E-state index contributed by atoms with van der Waals surface area (Å²) in [7, 11) is 0. The maximum Gasteiger partial charge on any atom is 0.282 e. The Morgan fingerprint density at radius 1 is 1.11 bits per heavy atom. The molecule has 3 rings (SSSR count). The van der Waals surface area contributed by atoms with Crippen LogP contribution in [0.1, 0.15) is 44.4 Å². The Morgan fingerprint density at radius 2 is 1.86 bits per heavy atom. The van der Waals surface area contributed by atoms with Crippen molar-refractivity contribution >= 4 is 17.2 Å². The van der Waals surface area contributed by atoms with E-state index in [1.165, 1.54) is 11.3 Å². The van der Waals surface area contributed by atoms with Crippen LogP contribution in [-0.4, -0.2) is 10.9 Å². The van der Waals surface area contributed by atoms with Crippen molar-refractivity contribution in [1.29, 1.82) is 0 Å². The first-order valence-electron chi connectivity index (χ1n) is 9.37. The van der Waals surface area contributed by atoms with Gasteiger partial charge in [0, 0.05) is 6.42 Å². The van der Waals surface area contributed by atoms with Crippen LogP contribution in [0.25, 0.3) is 0 Å². The Bertz CT molecular complexity index is 922. The molecule has 0 spiro atoms. The van der Waals surface area contributed by atoms with Gasteiger partial charge in [0.25, 0.3) is 5.19 Å². The molecule has 0 saturated heterocycles. The second kappa shape index (κ2) is 9.37. The van der Waals surface area contributed by atoms with Crippen LogP contribution in [0.5, 0.6) is 21.8 Å². The van der Waals surface area contributed by atoms with Gasteiger partial charge in [0.2, 0.25) is 11.0 Å². The van der Waals surface area contributed by atoms with Gasteiger partial charge in [0.1, 0.15) is 11.5 Å². The molecule has 0 radical (unpaired) electrons. The first-order chi connectivity index (χ1) is 13.6. The summed E-state index contributed by atoms with van der Waals surface area (Å²) in [5, 5.41) is 4.15. The molecule has 0 aliphatic rings. The topological polar surface area (TPSA) is 60.5 Å². The molecule has 28 heavy (non-hydrogen) atoms. The van der Waals surface area contributed by atoms with Crippen LogP contribution in [-0.2, 0) is 11.2 Å². The molecule has 0 aliphatic heterocycles. The highest BCUT2D eigenvalue weighted by molar-refractivity contribution is 7.15. The van der Waals surface area contributed by atoms with Gasteiger partial charge in [0.05, 0.1) is 12.2 Å². The maximum absolute atomic E-state index is 11.5. The second-order valence-electron chi connectivity index (χ2n) is 6.32. The molecule has 1 heterocycles. The number of hydrogen-bond acceptors (Lipinski definition) is 5. The molecule has 2 aromatic carbocycles. The first kappa shape index (κ1) is 19.9. The molecule has 3 aromatic rings. The van der Waals surface area contributed by atoms with Gasteiger partial charge < -0.3 is 14.8 Å². The molecule has 1 amide bonds. The minimum Gasteiger partial charge on any atom is -0.445 e. The zero-order valence-electron chi connectivity index (χ0n) is 16.3. The Kier molecular flexibility index (Phi) is 6.66. The van der Waals surface area contributed by atoms with Gasteiger partial charge >= 0.3 is 0 Å². The maximum atomic E-state index is 11.5. The van der Waals surface area contributed by atoms with E-state index >= 15 is 0 Å². The standard InChI is InChI=1S/C22H24N2O3S/c1-4-16-8-6-7-9-19(16)27-22-23-14-21(28-22)26-18-12-10-17(11-13-18)15(3)24-20(25)5-2/h6-15H,4-5H2,1-3H3,(H,24,25). The Labute approximate surface area is 169 Å². The quantitative estimate of drug-likeness (QED) is 0.517. The van der Waals surface area contributed by atoms with Crippen molar-refractivity contribution in [2.24, 2.45) is 0 Å². The van der Waals surface area contributed by atoms with Crippen molar-refractivity contribution in [3.63, 3.8) is 0 Å². The van der Waals surface area contributed by atoms with E-state index in [0.29, 0.717) is 22.4 Å². The summed E-state index contributed by atoms with van der Waals surface area (Å²) in [5.41, 5.74) is 2.17. The lowest BCUT2D eigenvalue weighted by atomic mass is 10.1. The van der Waals surface area contributed by atoms with Crippen LogP contribution in [0.15, 0.2) is 54.7 Å². The molecule has 0 fully saturated rings. The third kappa shape index (κ3) is 5.10. The van der Waals surface area contributed by atoms with Gasteiger partial charge in [-0.05, 0) is 54.0 Å². The van der Waals surface area contributed by atoms with Crippen molar-refractivity contribution in [3.8, 4) is 21.8 Å². The number of carbonyl (C=O) groups is 1. The molecule has 6 heteroatoms. The lowest BCUT2D eigenvalue weighted by Gasteiger charge is -2.14. The Morgan fingerprint density at radius 3 is 2.57 bits per heavy atom. The number of nitrogens with one attached hydrogen (secondary N) is 1. The van der Waals surface area contributed by atoms with Gasteiger partial charge in [-0.25, -0.2) is 4.98 Å². The van der Waals surface area contributed by atoms with E-state index < -0.39 is 0 Å². The summed E-state index contributed by atoms with van der Waals surface area (Å²) < 4.78 is 11.8. The van der Waals surface area contributed by atoms with E-state index in [-0.39, 0.29) is 11.9 Å². The third-order valence-electron chi connectivity index (χ3n) is 4.31. The SMILES string of the molecule is CCC(=O)NC(C)c1ccc(Oc2cnc(Oc3ccccc3CC)s2)cc1. The number of ether oxygens (including phenoxy) is 2. The summed E-state index contributed by atoms with van der Waals surface area (Å²) in [4.78, 5) is 15.8. The van der Waals surface area contributed by atoms with E-state index in [0.717, 1.165) is 23.3 Å². The lowest BCUT2D eigenvalue weighted by Crippen LogP contribution is -2.25. The van der Waals surface area contributed by atoms with Gasteiger partial charge in [0.15, 0.2) is 0 Å². The summed E-state index contributed by atoms with van der Waals surface area (Å²) >= 11 is 1.35. The molecule has 0 aliphatic carbocycles. The van der Waals surface area contributed by atoms with Crippen LogP contribution in [0, 0.1) is 0 Å². The van der Waals surface area contributed by atoms with Gasteiger partial charge in [-0.1, -0.05) is 44.2 Å². The van der Waals surface area contributed by atoms with Crippen molar-refractivity contribution in [3.05, 3.63) is 65.9 Å². The van der Waals surface area contributed by atoms with Crippen LogP contribution >= 0.6 is 11.3 Å². The highest BCUT2D eigenvalue weighted by Gasteiger charge is 2.11. The second-order valence-corrected chi connectivity index (χ2v) is 7.28. The average Bonchev–Trinajstić information content (AvgIpc) is 3.15. The molecule has 0 saturated carbocycles. The minimum absolute atomic E-state index is 0.0367. The van der Waals surface area contributed by atoms with Crippen LogP contribution in [0.3, 0.4) is 0 Å². The van der Waals surface area contributed by atoms with E-state index in [4.69, 9.17) is 9.47 Å². The number of carbonyl (C=O) groups excluding carboxylic acids is 1. The zero-order valence-corrected chi connectivity index (χ0v) is 17.1. The first-order valence-corrected chi connectivity index (χ1v) is 10.2. The molecule has 146 valence electrons. The monoisotopic (exact) mass is 396 g/mol. The summed E-state index contributed by atoms with van der Waals surface area (Å²) in [5.74, 6) is 1.56. The zero-order chi connectivity index (χ0) is 19.9. The molecule has 1 unspecified atom stereocenters. The molecule has 1 atom stereocenters. The number of rotatable bonds is 8. The third-order valence-corrected chi connectivity index (χ3v) is 5.06. The van der Waals surface area contributed by atoms with Gasteiger partial charge in [-0.3, -0.25) is 4.79 Å². The molecule has 1 N–H and O–H groups in total. The van der Waals surface area contributed by atoms with E-state index in [1.807, 2.05) is 62.4 Å². The fourth-order valence-corrected chi connectivity index (χ4v) is 3.35. The van der Waals surface area contributed by atoms with Crippen LogP contribution < -0.4 is 14.8 Å². The van der Waals surface area contributed by atoms with Crippen molar-refractivity contribution in [2.75, 3.05) is 0 Å². The average molecular weight is 397 g/mol. The van der Waals surface area contributed by atoms with Crippen molar-refractivity contribution in [2.45, 2.75) is 39.7 Å². The molecule has 1 aromatic heterocycles. The van der Waals surface area contributed by atoms with Crippen LogP contribution in [0.2, 0.25) is 0 Å². The molecule has 5 nitrogen and oxygen atoms in total.